The molecule has 0 bridgehead atoms. The summed E-state index contributed by atoms with van der Waals surface area (Å²) in [4.78, 5) is 5.23. The molecule has 0 spiro atoms. The fourth-order valence-corrected chi connectivity index (χ4v) is 3.62. The van der Waals surface area contributed by atoms with E-state index >= 15 is 0 Å². The maximum Gasteiger partial charge on any atom is 0.0938 e. The van der Waals surface area contributed by atoms with Gasteiger partial charge in [-0.1, -0.05) is 6.07 Å². The van der Waals surface area contributed by atoms with Crippen molar-refractivity contribution in [1.29, 1.82) is 0 Å². The molecular weight excluding hydrogens is 366 g/mol. The molecule has 0 amide bonds. The number of hydrogen-bond acceptors (Lipinski definition) is 3. The van der Waals surface area contributed by atoms with E-state index < -0.39 is 6.10 Å². The largest absolute Gasteiger partial charge is 0.387 e. The molecule has 0 aliphatic carbocycles. The van der Waals surface area contributed by atoms with Gasteiger partial charge in [0, 0.05) is 27.7 Å². The Morgan fingerprint density at radius 1 is 1.47 bits per heavy atom. The zero-order valence-corrected chi connectivity index (χ0v) is 13.1. The molecule has 0 aromatic carbocycles. The van der Waals surface area contributed by atoms with Gasteiger partial charge in [0.25, 0.3) is 0 Å². The summed E-state index contributed by atoms with van der Waals surface area (Å²) in [6.07, 6.45) is 1.80. The zero-order chi connectivity index (χ0) is 12.4. The molecule has 17 heavy (non-hydrogen) atoms. The van der Waals surface area contributed by atoms with Gasteiger partial charge in [0.1, 0.15) is 0 Å². The van der Waals surface area contributed by atoms with Crippen molar-refractivity contribution in [3.8, 4) is 0 Å². The molecule has 2 nitrogen and oxygen atoms in total. The highest BCUT2D eigenvalue weighted by Crippen LogP contribution is 2.36. The van der Waals surface area contributed by atoms with Crippen molar-refractivity contribution < 1.29 is 5.11 Å². The molecule has 2 aromatic heterocycles. The Labute approximate surface area is 121 Å². The Balaban J connectivity index is 2.17. The van der Waals surface area contributed by atoms with Crippen molar-refractivity contribution in [2.45, 2.75) is 19.4 Å². The van der Waals surface area contributed by atoms with E-state index in [9.17, 15) is 5.11 Å². The Morgan fingerprint density at radius 3 is 2.82 bits per heavy atom. The summed E-state index contributed by atoms with van der Waals surface area (Å²) in [7, 11) is 0. The minimum Gasteiger partial charge on any atom is -0.387 e. The molecule has 2 rings (SSSR count). The van der Waals surface area contributed by atoms with Gasteiger partial charge in [0.15, 0.2) is 0 Å². The number of hydrogen-bond donors (Lipinski definition) is 1. The van der Waals surface area contributed by atoms with E-state index in [2.05, 4.69) is 36.8 Å². The lowest BCUT2D eigenvalue weighted by atomic mass is 10.1. The van der Waals surface area contributed by atoms with Crippen molar-refractivity contribution in [1.82, 2.24) is 4.98 Å². The van der Waals surface area contributed by atoms with Crippen molar-refractivity contribution in [2.24, 2.45) is 0 Å². The molecule has 0 saturated heterocycles. The maximum absolute atomic E-state index is 10.2. The summed E-state index contributed by atoms with van der Waals surface area (Å²) in [5, 5.41) is 10.2. The molecule has 0 aliphatic heterocycles. The number of rotatable bonds is 3. The van der Waals surface area contributed by atoms with Crippen molar-refractivity contribution in [3.05, 3.63) is 48.8 Å². The molecule has 1 unspecified atom stereocenters. The first-order valence-electron chi connectivity index (χ1n) is 5.11. The number of aliphatic hydroxyl groups excluding tert-OH is 1. The Kier molecular flexibility index (Phi) is 4.36. The molecule has 90 valence electrons. The average molecular weight is 377 g/mol. The summed E-state index contributed by atoms with van der Waals surface area (Å²) < 4.78 is 1.98. The first kappa shape index (κ1) is 13.2. The van der Waals surface area contributed by atoms with E-state index in [-0.39, 0.29) is 0 Å². The Morgan fingerprint density at radius 2 is 2.24 bits per heavy atom. The number of aliphatic hydroxyl groups is 1. The summed E-state index contributed by atoms with van der Waals surface area (Å²) in [6, 6.07) is 5.86. The van der Waals surface area contributed by atoms with Crippen LogP contribution < -0.4 is 0 Å². The fourth-order valence-electron chi connectivity index (χ4n) is 1.54. The first-order valence-corrected chi connectivity index (χ1v) is 7.51. The smallest absolute Gasteiger partial charge is 0.0938 e. The SMILES string of the molecule is Cc1cccnc1CC(O)c1cc(Br)c(Br)s1. The van der Waals surface area contributed by atoms with E-state index in [1.165, 1.54) is 11.3 Å². The van der Waals surface area contributed by atoms with Crippen LogP contribution in [0.25, 0.3) is 0 Å². The van der Waals surface area contributed by atoms with Crippen LogP contribution in [0.2, 0.25) is 0 Å². The maximum atomic E-state index is 10.2. The third-order valence-electron chi connectivity index (χ3n) is 2.50. The highest BCUT2D eigenvalue weighted by atomic mass is 79.9. The second-order valence-corrected chi connectivity index (χ2v) is 7.01. The fraction of sp³-hybridized carbons (Fsp3) is 0.250. The Hall–Kier alpha value is -0.230. The monoisotopic (exact) mass is 375 g/mol. The van der Waals surface area contributed by atoms with Crippen LogP contribution in [-0.4, -0.2) is 10.1 Å². The van der Waals surface area contributed by atoms with E-state index in [4.69, 9.17) is 0 Å². The topological polar surface area (TPSA) is 33.1 Å². The quantitative estimate of drug-likeness (QED) is 0.868. The molecule has 5 heteroatoms. The van der Waals surface area contributed by atoms with Gasteiger partial charge < -0.3 is 5.11 Å². The van der Waals surface area contributed by atoms with Crippen LogP contribution in [0.3, 0.4) is 0 Å². The Bertz CT molecular complexity index is 507. The number of aromatic nitrogens is 1. The van der Waals surface area contributed by atoms with Crippen LogP contribution in [-0.2, 0) is 6.42 Å². The second-order valence-electron chi connectivity index (χ2n) is 3.76. The van der Waals surface area contributed by atoms with Gasteiger partial charge in [-0.3, -0.25) is 4.98 Å². The lowest BCUT2D eigenvalue weighted by Crippen LogP contribution is -2.03. The minimum atomic E-state index is -0.504. The summed E-state index contributed by atoms with van der Waals surface area (Å²) >= 11 is 8.39. The van der Waals surface area contributed by atoms with E-state index in [0.29, 0.717) is 6.42 Å². The predicted octanol–water partition coefficient (Wildman–Crippen LogP) is 4.25. The van der Waals surface area contributed by atoms with Crippen molar-refractivity contribution >= 4 is 43.2 Å². The van der Waals surface area contributed by atoms with E-state index in [1.54, 1.807) is 6.20 Å². The molecular formula is C12H11Br2NOS. The normalized spacial score (nSPS) is 12.7. The summed E-state index contributed by atoms with van der Waals surface area (Å²) in [6.45, 7) is 2.01. The molecule has 0 fully saturated rings. The van der Waals surface area contributed by atoms with Crippen LogP contribution in [0.4, 0.5) is 0 Å². The highest BCUT2D eigenvalue weighted by Gasteiger charge is 2.15. The zero-order valence-electron chi connectivity index (χ0n) is 9.15. The molecule has 0 radical (unpaired) electrons. The highest BCUT2D eigenvalue weighted by molar-refractivity contribution is 9.13. The van der Waals surface area contributed by atoms with Crippen molar-refractivity contribution in [3.63, 3.8) is 0 Å². The first-order chi connectivity index (χ1) is 8.08. The van der Waals surface area contributed by atoms with Gasteiger partial charge in [-0.05, 0) is 56.5 Å². The predicted molar refractivity (Wildman–Crippen MR) is 77.4 cm³/mol. The molecule has 2 aromatic rings. The van der Waals surface area contributed by atoms with Gasteiger partial charge in [-0.25, -0.2) is 0 Å². The third kappa shape index (κ3) is 3.16. The van der Waals surface area contributed by atoms with Gasteiger partial charge in [-0.2, -0.15) is 0 Å². The van der Waals surface area contributed by atoms with Gasteiger partial charge >= 0.3 is 0 Å². The number of pyridine rings is 1. The summed E-state index contributed by atoms with van der Waals surface area (Å²) in [5.41, 5.74) is 2.06. The van der Waals surface area contributed by atoms with E-state index in [1.807, 2.05) is 25.1 Å². The number of thiophene rings is 1. The minimum absolute atomic E-state index is 0.504. The average Bonchev–Trinajstić information content (AvgIpc) is 2.63. The van der Waals surface area contributed by atoms with E-state index in [0.717, 1.165) is 24.4 Å². The number of halogens is 2. The third-order valence-corrected chi connectivity index (χ3v) is 5.85. The van der Waals surface area contributed by atoms with Gasteiger partial charge in [0.05, 0.1) is 9.89 Å². The van der Waals surface area contributed by atoms with Gasteiger partial charge in [-0.15, -0.1) is 11.3 Å². The standard InChI is InChI=1S/C12H11Br2NOS/c1-7-3-2-4-15-9(7)6-10(16)11-5-8(13)12(14)17-11/h2-5,10,16H,6H2,1H3. The number of nitrogens with zero attached hydrogens (tertiary/aromatic N) is 1. The lowest BCUT2D eigenvalue weighted by Gasteiger charge is -2.09. The molecule has 1 atom stereocenters. The van der Waals surface area contributed by atoms with Crippen LogP contribution in [0.1, 0.15) is 22.2 Å². The van der Waals surface area contributed by atoms with Crippen LogP contribution in [0, 0.1) is 6.92 Å². The van der Waals surface area contributed by atoms with Gasteiger partial charge in [0.2, 0.25) is 0 Å². The molecule has 1 N–H and O–H groups in total. The number of aryl methyl sites for hydroxylation is 1. The molecule has 0 aliphatic rings. The lowest BCUT2D eigenvalue weighted by molar-refractivity contribution is 0.181. The summed E-state index contributed by atoms with van der Waals surface area (Å²) in [5.74, 6) is 0. The van der Waals surface area contributed by atoms with Crippen LogP contribution in [0.5, 0.6) is 0 Å². The molecule has 2 heterocycles. The van der Waals surface area contributed by atoms with Crippen LogP contribution in [0.15, 0.2) is 32.7 Å². The second kappa shape index (κ2) is 5.61. The molecule has 0 saturated carbocycles. The van der Waals surface area contributed by atoms with Crippen LogP contribution >= 0.6 is 43.2 Å². The van der Waals surface area contributed by atoms with Crippen molar-refractivity contribution in [2.75, 3.05) is 0 Å².